The van der Waals surface area contributed by atoms with E-state index in [0.717, 1.165) is 17.7 Å². The molecule has 1 fully saturated rings. The highest BCUT2D eigenvalue weighted by molar-refractivity contribution is 6.10. The van der Waals surface area contributed by atoms with Crippen LogP contribution in [0.2, 0.25) is 0 Å². The van der Waals surface area contributed by atoms with Gasteiger partial charge in [-0.15, -0.1) is 0 Å². The quantitative estimate of drug-likeness (QED) is 0.283. The number of hydrogen-bond acceptors (Lipinski definition) is 4. The summed E-state index contributed by atoms with van der Waals surface area (Å²) in [5.41, 5.74) is 2.82. The summed E-state index contributed by atoms with van der Waals surface area (Å²) in [4.78, 5) is 26.3. The fourth-order valence-corrected chi connectivity index (χ4v) is 4.42. The minimum absolute atomic E-state index is 0.0359. The van der Waals surface area contributed by atoms with Crippen LogP contribution in [0, 0.1) is 23.5 Å². The van der Waals surface area contributed by atoms with E-state index in [0.29, 0.717) is 24.2 Å². The molecule has 0 spiro atoms. The van der Waals surface area contributed by atoms with Gasteiger partial charge in [0, 0.05) is 49.0 Å². The van der Waals surface area contributed by atoms with E-state index >= 15 is 4.39 Å². The molecule has 6 nitrogen and oxygen atoms in total. The molecule has 1 aromatic heterocycles. The molecule has 0 bridgehead atoms. The molecule has 184 valence electrons. The SMILES string of the molecule is C=C/N=C\N=C1\C(C2CCN(C(=O)C=C)C2)=CC(c2ccc(Oc3ncccc3F)cc2F)=CC1C. The first kappa shape index (κ1) is 24.9. The third kappa shape index (κ3) is 5.38. The zero-order valence-electron chi connectivity index (χ0n) is 19.9. The van der Waals surface area contributed by atoms with Gasteiger partial charge >= 0.3 is 0 Å². The van der Waals surface area contributed by atoms with Crippen LogP contribution in [0.4, 0.5) is 8.78 Å². The molecular weight excluding hydrogens is 462 g/mol. The molecule has 2 aromatic rings. The van der Waals surface area contributed by atoms with E-state index < -0.39 is 11.6 Å². The number of nitrogens with zero attached hydrogens (tertiary/aromatic N) is 4. The number of halogens is 2. The van der Waals surface area contributed by atoms with Crippen molar-refractivity contribution < 1.29 is 18.3 Å². The number of pyridine rings is 1. The summed E-state index contributed by atoms with van der Waals surface area (Å²) in [5.74, 6) is -1.44. The van der Waals surface area contributed by atoms with Gasteiger partial charge in [0.1, 0.15) is 17.9 Å². The molecule has 0 radical (unpaired) electrons. The topological polar surface area (TPSA) is 67.2 Å². The average molecular weight is 489 g/mol. The zero-order valence-corrected chi connectivity index (χ0v) is 19.9. The fraction of sp³-hybridized carbons (Fsp3) is 0.214. The van der Waals surface area contributed by atoms with Crippen LogP contribution >= 0.6 is 0 Å². The molecule has 2 heterocycles. The second-order valence-electron chi connectivity index (χ2n) is 8.48. The van der Waals surface area contributed by atoms with Crippen molar-refractivity contribution in [3.05, 3.63) is 96.9 Å². The van der Waals surface area contributed by atoms with E-state index in [9.17, 15) is 9.18 Å². The van der Waals surface area contributed by atoms with E-state index in [1.165, 1.54) is 43.0 Å². The van der Waals surface area contributed by atoms with Crippen molar-refractivity contribution in [3.63, 3.8) is 0 Å². The van der Waals surface area contributed by atoms with Crippen molar-refractivity contribution in [1.29, 1.82) is 0 Å². The van der Waals surface area contributed by atoms with Crippen LogP contribution in [0.15, 0.2) is 89.7 Å². The Hall–Kier alpha value is -4.20. The lowest BCUT2D eigenvalue weighted by Crippen LogP contribution is -2.29. The van der Waals surface area contributed by atoms with Gasteiger partial charge in [0.15, 0.2) is 5.82 Å². The zero-order chi connectivity index (χ0) is 25.7. The number of carbonyl (C=O) groups excluding carboxylic acids is 1. The van der Waals surface area contributed by atoms with Crippen molar-refractivity contribution in [1.82, 2.24) is 9.88 Å². The maximum absolute atomic E-state index is 15.2. The van der Waals surface area contributed by atoms with Gasteiger partial charge < -0.3 is 9.64 Å². The lowest BCUT2D eigenvalue weighted by molar-refractivity contribution is -0.125. The van der Waals surface area contributed by atoms with Crippen molar-refractivity contribution in [2.75, 3.05) is 13.1 Å². The standard InChI is InChI=1S/C28H26F2N4O2/c1-4-26(35)34-12-10-19(16-34)23-14-20(13-18(3)27(23)33-17-31-5-2)22-9-8-21(15-25(22)30)36-28-24(29)7-6-11-32-28/h4-9,11,13-15,17-19H,1-2,10,12,16H2,3H3/b31-17-,33-27+. The molecule has 2 atom stereocenters. The van der Waals surface area contributed by atoms with Crippen LogP contribution in [-0.2, 0) is 4.79 Å². The molecule has 2 aliphatic rings. The predicted octanol–water partition coefficient (Wildman–Crippen LogP) is 5.76. The predicted molar refractivity (Wildman–Crippen MR) is 137 cm³/mol. The van der Waals surface area contributed by atoms with Gasteiger partial charge in [-0.1, -0.05) is 26.2 Å². The first-order valence-corrected chi connectivity index (χ1v) is 11.5. The van der Waals surface area contributed by atoms with E-state index in [2.05, 4.69) is 28.1 Å². The molecule has 1 aromatic carbocycles. The molecule has 0 N–H and O–H groups in total. The Morgan fingerprint density at radius 2 is 2.08 bits per heavy atom. The normalized spacial score (nSPS) is 20.9. The highest BCUT2D eigenvalue weighted by atomic mass is 19.1. The summed E-state index contributed by atoms with van der Waals surface area (Å²) < 4.78 is 34.5. The minimum Gasteiger partial charge on any atom is -0.436 e. The van der Waals surface area contributed by atoms with Crippen LogP contribution < -0.4 is 4.74 Å². The Kier molecular flexibility index (Phi) is 7.63. The second kappa shape index (κ2) is 11.0. The third-order valence-electron chi connectivity index (χ3n) is 6.14. The molecule has 4 rings (SSSR count). The van der Waals surface area contributed by atoms with Crippen LogP contribution in [0.1, 0.15) is 18.9 Å². The first-order chi connectivity index (χ1) is 17.4. The van der Waals surface area contributed by atoms with Gasteiger partial charge in [-0.25, -0.2) is 23.7 Å². The van der Waals surface area contributed by atoms with Crippen molar-refractivity contribution in [2.45, 2.75) is 13.3 Å². The van der Waals surface area contributed by atoms with Crippen LogP contribution in [0.3, 0.4) is 0 Å². The number of likely N-dealkylation sites (tertiary alicyclic amines) is 1. The van der Waals surface area contributed by atoms with Crippen LogP contribution in [0.25, 0.3) is 5.57 Å². The number of aliphatic imine (C=N–C) groups is 2. The Balaban J connectivity index is 1.66. The van der Waals surface area contributed by atoms with Gasteiger partial charge in [0.05, 0.1) is 5.71 Å². The van der Waals surface area contributed by atoms with Crippen LogP contribution in [0.5, 0.6) is 11.6 Å². The molecule has 1 aliphatic carbocycles. The van der Waals surface area contributed by atoms with Gasteiger partial charge in [0.25, 0.3) is 5.88 Å². The smallest absolute Gasteiger partial charge is 0.255 e. The van der Waals surface area contributed by atoms with E-state index in [-0.39, 0.29) is 29.4 Å². The molecule has 1 saturated heterocycles. The summed E-state index contributed by atoms with van der Waals surface area (Å²) in [6.45, 7) is 10.3. The lowest BCUT2D eigenvalue weighted by atomic mass is 9.80. The Morgan fingerprint density at radius 3 is 2.81 bits per heavy atom. The molecule has 1 amide bonds. The molecule has 1 aliphatic heterocycles. The first-order valence-electron chi connectivity index (χ1n) is 11.5. The van der Waals surface area contributed by atoms with Crippen LogP contribution in [-0.4, -0.2) is 40.9 Å². The van der Waals surface area contributed by atoms with Crippen molar-refractivity contribution in [3.8, 4) is 11.6 Å². The summed E-state index contributed by atoms with van der Waals surface area (Å²) in [5, 5.41) is 0. The molecule has 2 unspecified atom stereocenters. The number of rotatable bonds is 7. The number of amides is 1. The Morgan fingerprint density at radius 1 is 1.25 bits per heavy atom. The van der Waals surface area contributed by atoms with E-state index in [4.69, 9.17) is 4.74 Å². The number of benzene rings is 1. The van der Waals surface area contributed by atoms with Crippen molar-refractivity contribution in [2.24, 2.45) is 21.8 Å². The molecular formula is C28H26F2N4O2. The molecule has 36 heavy (non-hydrogen) atoms. The third-order valence-corrected chi connectivity index (χ3v) is 6.14. The lowest BCUT2D eigenvalue weighted by Gasteiger charge is -2.26. The average Bonchev–Trinajstić information content (AvgIpc) is 3.36. The number of aromatic nitrogens is 1. The highest BCUT2D eigenvalue weighted by Gasteiger charge is 2.33. The van der Waals surface area contributed by atoms with E-state index in [1.807, 2.05) is 19.1 Å². The number of carbonyl (C=O) groups is 1. The van der Waals surface area contributed by atoms with Gasteiger partial charge in [0.2, 0.25) is 5.91 Å². The van der Waals surface area contributed by atoms with Gasteiger partial charge in [-0.05, 0) is 54.0 Å². The summed E-state index contributed by atoms with van der Waals surface area (Å²) in [6, 6.07) is 7.06. The minimum atomic E-state index is -0.634. The maximum Gasteiger partial charge on any atom is 0.255 e. The molecule has 8 heteroatoms. The maximum atomic E-state index is 15.2. The largest absolute Gasteiger partial charge is 0.436 e. The molecule has 0 saturated carbocycles. The van der Waals surface area contributed by atoms with Gasteiger partial charge in [-0.2, -0.15) is 0 Å². The fourth-order valence-electron chi connectivity index (χ4n) is 4.42. The van der Waals surface area contributed by atoms with E-state index in [1.54, 1.807) is 17.0 Å². The number of hydrogen-bond donors (Lipinski definition) is 0. The summed E-state index contributed by atoms with van der Waals surface area (Å²) in [7, 11) is 0. The monoisotopic (exact) mass is 488 g/mol. The summed E-state index contributed by atoms with van der Waals surface area (Å²) >= 11 is 0. The highest BCUT2D eigenvalue weighted by Crippen LogP contribution is 2.36. The number of ether oxygens (including phenoxy) is 1. The Labute approximate surface area is 208 Å². The number of allylic oxidation sites excluding steroid dienone is 3. The summed E-state index contributed by atoms with van der Waals surface area (Å²) in [6.07, 6.45) is 10.2. The van der Waals surface area contributed by atoms with Gasteiger partial charge in [-0.3, -0.25) is 4.79 Å². The van der Waals surface area contributed by atoms with Crippen molar-refractivity contribution >= 4 is 23.5 Å². The Bertz CT molecular complexity index is 1310. The second-order valence-corrected chi connectivity index (χ2v) is 8.48.